The van der Waals surface area contributed by atoms with Crippen LogP contribution in [0, 0.1) is 0 Å². The van der Waals surface area contributed by atoms with E-state index in [1.165, 1.54) is 30.5 Å². The lowest BCUT2D eigenvalue weighted by molar-refractivity contribution is -0.710. The van der Waals surface area contributed by atoms with Gasteiger partial charge in [-0.25, -0.2) is 0 Å². The minimum absolute atomic E-state index is 0.510. The van der Waals surface area contributed by atoms with Crippen LogP contribution in [0.1, 0.15) is 40.0 Å². The topological polar surface area (TPSA) is 15.3 Å². The lowest BCUT2D eigenvalue weighted by Gasteiger charge is -2.51. The Morgan fingerprint density at radius 1 is 1.41 bits per heavy atom. The molecule has 3 heterocycles. The van der Waals surface area contributed by atoms with Crippen molar-refractivity contribution in [1.82, 2.24) is 10.2 Å². The zero-order valence-corrected chi connectivity index (χ0v) is 15.4. The molecular formula is C18H27BrN3+. The van der Waals surface area contributed by atoms with Gasteiger partial charge in [0.1, 0.15) is 17.9 Å². The first-order valence-corrected chi connectivity index (χ1v) is 9.39. The molecule has 3 aliphatic heterocycles. The molecule has 0 aromatic rings. The third-order valence-electron chi connectivity index (χ3n) is 5.96. The Kier molecular flexibility index (Phi) is 3.65. The molecule has 0 amide bonds. The number of rotatable bonds is 1. The zero-order chi connectivity index (χ0) is 15.5. The van der Waals surface area contributed by atoms with Gasteiger partial charge in [-0.3, -0.25) is 4.90 Å². The predicted molar refractivity (Wildman–Crippen MR) is 94.2 cm³/mol. The van der Waals surface area contributed by atoms with Gasteiger partial charge in [0.2, 0.25) is 16.1 Å². The number of hydrogen-bond donors (Lipinski definition) is 1. The summed E-state index contributed by atoms with van der Waals surface area (Å²) in [5, 5.41) is 3.79. The van der Waals surface area contributed by atoms with Gasteiger partial charge < -0.3 is 5.32 Å². The van der Waals surface area contributed by atoms with Crippen molar-refractivity contribution < 1.29 is 3.51 Å². The van der Waals surface area contributed by atoms with Gasteiger partial charge in [0.25, 0.3) is 0 Å². The molecule has 4 rings (SSSR count). The second kappa shape index (κ2) is 5.30. The van der Waals surface area contributed by atoms with E-state index < -0.39 is 0 Å². The van der Waals surface area contributed by atoms with Gasteiger partial charge in [-0.05, 0) is 50.8 Å². The van der Waals surface area contributed by atoms with Crippen LogP contribution in [0.5, 0.6) is 0 Å². The average molecular weight is 365 g/mol. The van der Waals surface area contributed by atoms with Crippen molar-refractivity contribution in [3.8, 4) is 0 Å². The number of fused-ring (bicyclic) bond motifs is 4. The highest BCUT2D eigenvalue weighted by Gasteiger charge is 2.57. The number of allylic oxidation sites excluding steroid dienone is 2. The van der Waals surface area contributed by atoms with E-state index in [9.17, 15) is 0 Å². The van der Waals surface area contributed by atoms with E-state index in [4.69, 9.17) is 0 Å². The van der Waals surface area contributed by atoms with Gasteiger partial charge in [-0.15, -0.1) is 0 Å². The predicted octanol–water partition coefficient (Wildman–Crippen LogP) is 3.46. The van der Waals surface area contributed by atoms with Crippen molar-refractivity contribution in [2.75, 3.05) is 13.1 Å². The van der Waals surface area contributed by atoms with Crippen LogP contribution in [-0.2, 0) is 0 Å². The van der Waals surface area contributed by atoms with Crippen molar-refractivity contribution in [3.63, 3.8) is 0 Å². The molecular weight excluding hydrogens is 338 g/mol. The summed E-state index contributed by atoms with van der Waals surface area (Å²) in [7, 11) is 0. The van der Waals surface area contributed by atoms with Crippen molar-refractivity contribution in [1.29, 1.82) is 0 Å². The Balaban J connectivity index is 1.79. The van der Waals surface area contributed by atoms with E-state index in [0.717, 1.165) is 16.6 Å². The smallest absolute Gasteiger partial charge is 0.239 e. The molecule has 0 spiro atoms. The van der Waals surface area contributed by atoms with Gasteiger partial charge in [0.15, 0.2) is 0 Å². The van der Waals surface area contributed by atoms with E-state index in [1.54, 1.807) is 5.57 Å². The molecule has 1 saturated heterocycles. The van der Waals surface area contributed by atoms with Crippen molar-refractivity contribution in [3.05, 3.63) is 35.2 Å². The molecule has 4 heteroatoms. The third kappa shape index (κ3) is 2.04. The number of hydrogen-bond acceptors (Lipinski definition) is 2. The molecule has 120 valence electrons. The van der Waals surface area contributed by atoms with Gasteiger partial charge in [0, 0.05) is 25.6 Å². The van der Waals surface area contributed by atoms with Crippen LogP contribution < -0.4 is 5.32 Å². The average Bonchev–Trinajstić information content (AvgIpc) is 2.80. The summed E-state index contributed by atoms with van der Waals surface area (Å²) < 4.78 is 0.844. The highest BCUT2D eigenvalue weighted by Crippen LogP contribution is 2.51. The van der Waals surface area contributed by atoms with Crippen LogP contribution in [0.25, 0.3) is 0 Å². The fraction of sp³-hybridized carbons (Fsp3) is 0.667. The fourth-order valence-electron chi connectivity index (χ4n) is 5.00. The first-order chi connectivity index (χ1) is 10.5. The lowest BCUT2D eigenvalue weighted by atomic mass is 9.85. The second-order valence-electron chi connectivity index (χ2n) is 7.52. The van der Waals surface area contributed by atoms with Gasteiger partial charge in [-0.1, -0.05) is 6.08 Å². The van der Waals surface area contributed by atoms with Gasteiger partial charge in [0.05, 0.1) is 12.1 Å². The molecule has 1 aliphatic carbocycles. The molecule has 0 bridgehead atoms. The summed E-state index contributed by atoms with van der Waals surface area (Å²) >= 11 is 4.14. The third-order valence-corrected chi connectivity index (χ3v) is 7.07. The molecule has 0 saturated carbocycles. The standard InChI is InChI=1S/C18H27BrN3/c1-12(2)21-9-8-20-17-13(3)11-22(19)15-7-5-4-6-14(15)10-16(22)18(17)21/h5,7,11-12,16-18,20H,4,6,8-10H2,1-3H3/q+1/t16-,17?,18?,22-/m0/s1. The molecule has 22 heavy (non-hydrogen) atoms. The van der Waals surface area contributed by atoms with Crippen molar-refractivity contribution in [2.24, 2.45) is 0 Å². The molecule has 1 fully saturated rings. The Morgan fingerprint density at radius 2 is 2.23 bits per heavy atom. The Labute approximate surface area is 142 Å². The molecule has 1 N–H and O–H groups in total. The molecule has 3 nitrogen and oxygen atoms in total. The molecule has 0 aromatic heterocycles. The van der Waals surface area contributed by atoms with Crippen LogP contribution in [0.3, 0.4) is 0 Å². The summed E-state index contributed by atoms with van der Waals surface area (Å²) in [6, 6.07) is 2.29. The molecule has 0 radical (unpaired) electrons. The van der Waals surface area contributed by atoms with Crippen molar-refractivity contribution in [2.45, 2.75) is 64.2 Å². The number of piperazine rings is 1. The molecule has 4 aliphatic rings. The van der Waals surface area contributed by atoms with Crippen LogP contribution in [-0.4, -0.2) is 45.7 Å². The summed E-state index contributed by atoms with van der Waals surface area (Å²) in [4.78, 5) is 2.73. The van der Waals surface area contributed by atoms with E-state index in [0.29, 0.717) is 24.2 Å². The van der Waals surface area contributed by atoms with Crippen LogP contribution >= 0.6 is 16.1 Å². The highest BCUT2D eigenvalue weighted by atomic mass is 79.9. The van der Waals surface area contributed by atoms with Crippen LogP contribution in [0.15, 0.2) is 35.2 Å². The first kappa shape index (κ1) is 15.1. The fourth-order valence-corrected chi connectivity index (χ4v) is 6.08. The highest BCUT2D eigenvalue weighted by molar-refractivity contribution is 9.05. The molecule has 4 atom stereocenters. The largest absolute Gasteiger partial charge is 0.307 e. The summed E-state index contributed by atoms with van der Waals surface area (Å²) in [5.74, 6) is 0. The maximum Gasteiger partial charge on any atom is 0.239 e. The van der Waals surface area contributed by atoms with Crippen LogP contribution in [0.4, 0.5) is 0 Å². The van der Waals surface area contributed by atoms with E-state index in [1.807, 2.05) is 0 Å². The van der Waals surface area contributed by atoms with E-state index in [-0.39, 0.29) is 0 Å². The van der Waals surface area contributed by atoms with E-state index >= 15 is 0 Å². The summed E-state index contributed by atoms with van der Waals surface area (Å²) in [6.07, 6.45) is 10.9. The Bertz CT molecular complexity index is 577. The minimum Gasteiger partial charge on any atom is -0.307 e. The molecule has 2 unspecified atom stereocenters. The summed E-state index contributed by atoms with van der Waals surface area (Å²) in [5.41, 5.74) is 4.66. The van der Waals surface area contributed by atoms with Crippen LogP contribution in [0.2, 0.25) is 0 Å². The maximum atomic E-state index is 4.14. The number of quaternary nitrogens is 1. The lowest BCUT2D eigenvalue weighted by Crippen LogP contribution is -2.69. The number of nitrogens with one attached hydrogen (secondary N) is 1. The normalized spacial score (nSPS) is 41.3. The number of halogens is 1. The first-order valence-electron chi connectivity index (χ1n) is 8.68. The molecule has 0 aromatic carbocycles. The number of nitrogens with zero attached hydrogens (tertiary/aromatic N) is 2. The van der Waals surface area contributed by atoms with Gasteiger partial charge >= 0.3 is 0 Å². The second-order valence-corrected chi connectivity index (χ2v) is 8.69. The quantitative estimate of drug-likeness (QED) is 0.716. The monoisotopic (exact) mass is 364 g/mol. The van der Waals surface area contributed by atoms with E-state index in [2.05, 4.69) is 65.5 Å². The summed E-state index contributed by atoms with van der Waals surface area (Å²) in [6.45, 7) is 9.27. The minimum atomic E-state index is 0.510. The van der Waals surface area contributed by atoms with Gasteiger partial charge in [-0.2, -0.15) is 3.51 Å². The zero-order valence-electron chi connectivity index (χ0n) is 13.8. The maximum absolute atomic E-state index is 4.14. The van der Waals surface area contributed by atoms with Crippen molar-refractivity contribution >= 4 is 16.1 Å². The Hall–Kier alpha value is -0.420. The SMILES string of the molecule is CC1=C[N@+]2(Br)C3=C(CCC=C3)C[C@H]2C2C1NCCN2C(C)C. The Morgan fingerprint density at radius 3 is 3.00 bits per heavy atom.